The summed E-state index contributed by atoms with van der Waals surface area (Å²) in [5, 5.41) is 5.02. The summed E-state index contributed by atoms with van der Waals surface area (Å²) in [7, 11) is 0. The molecule has 0 aliphatic heterocycles. The van der Waals surface area contributed by atoms with E-state index in [4.69, 9.17) is 0 Å². The summed E-state index contributed by atoms with van der Waals surface area (Å²) < 4.78 is 2.40. The van der Waals surface area contributed by atoms with Crippen LogP contribution in [0, 0.1) is 0 Å². The summed E-state index contributed by atoms with van der Waals surface area (Å²) in [6.45, 7) is 4.73. The Labute approximate surface area is 368 Å². The van der Waals surface area contributed by atoms with Crippen LogP contribution in [0.3, 0.4) is 0 Å². The van der Waals surface area contributed by atoms with Crippen LogP contribution in [0.4, 0.5) is 17.1 Å². The zero-order valence-corrected chi connectivity index (χ0v) is 35.3. The molecule has 0 saturated carbocycles. The van der Waals surface area contributed by atoms with Gasteiger partial charge in [0.1, 0.15) is 0 Å². The summed E-state index contributed by atoms with van der Waals surface area (Å²) in [5.41, 5.74) is 19.5. The minimum absolute atomic E-state index is 0.1000. The smallest absolute Gasteiger partial charge is 0.0541 e. The molecule has 10 aromatic carbocycles. The van der Waals surface area contributed by atoms with Crippen molar-refractivity contribution in [3.8, 4) is 50.2 Å². The van der Waals surface area contributed by atoms with Crippen LogP contribution in [0.25, 0.3) is 82.8 Å². The molecule has 12 rings (SSSR count). The van der Waals surface area contributed by atoms with Crippen LogP contribution >= 0.6 is 0 Å². The molecule has 11 aromatic rings. The Kier molecular flexibility index (Phi) is 8.55. The molecular weight excluding hydrogens is 761 g/mol. The van der Waals surface area contributed by atoms with Crippen molar-refractivity contribution in [1.82, 2.24) is 4.57 Å². The lowest BCUT2D eigenvalue weighted by atomic mass is 9.79. The molecule has 0 radical (unpaired) electrons. The summed E-state index contributed by atoms with van der Waals surface area (Å²) in [6, 6.07) is 84.6. The van der Waals surface area contributed by atoms with Gasteiger partial charge in [0.05, 0.1) is 11.0 Å². The maximum atomic E-state index is 2.40. The molecule has 1 aliphatic rings. The van der Waals surface area contributed by atoms with E-state index in [1.54, 1.807) is 0 Å². The quantitative estimate of drug-likeness (QED) is 0.156. The minimum Gasteiger partial charge on any atom is -0.310 e. The van der Waals surface area contributed by atoms with Crippen LogP contribution in [0.2, 0.25) is 0 Å². The van der Waals surface area contributed by atoms with Gasteiger partial charge < -0.3 is 9.47 Å². The van der Waals surface area contributed by atoms with E-state index in [0.717, 1.165) is 22.7 Å². The fourth-order valence-corrected chi connectivity index (χ4v) is 10.3. The molecule has 1 aromatic heterocycles. The number of hydrogen-bond acceptors (Lipinski definition) is 1. The second-order valence-corrected chi connectivity index (χ2v) is 17.4. The number of nitrogens with zero attached hydrogens (tertiary/aromatic N) is 2. The lowest BCUT2D eigenvalue weighted by Gasteiger charge is -2.27. The van der Waals surface area contributed by atoms with E-state index in [1.807, 2.05) is 0 Å². The van der Waals surface area contributed by atoms with Crippen LogP contribution in [0.15, 0.2) is 231 Å². The second-order valence-electron chi connectivity index (χ2n) is 17.4. The Balaban J connectivity index is 0.960. The van der Waals surface area contributed by atoms with Crippen molar-refractivity contribution < 1.29 is 0 Å². The highest BCUT2D eigenvalue weighted by molar-refractivity contribution is 6.09. The molecule has 2 heteroatoms. The summed E-state index contributed by atoms with van der Waals surface area (Å²) in [6.07, 6.45) is 0. The molecule has 2 nitrogen and oxygen atoms in total. The van der Waals surface area contributed by atoms with Gasteiger partial charge in [-0.15, -0.1) is 0 Å². The topological polar surface area (TPSA) is 8.17 Å². The second kappa shape index (κ2) is 14.6. The third-order valence-electron chi connectivity index (χ3n) is 13.3. The maximum Gasteiger partial charge on any atom is 0.0541 e. The Morgan fingerprint density at radius 2 is 0.889 bits per heavy atom. The first-order valence-corrected chi connectivity index (χ1v) is 21.9. The van der Waals surface area contributed by atoms with Gasteiger partial charge in [0.2, 0.25) is 0 Å². The first-order chi connectivity index (χ1) is 31.0. The Morgan fingerprint density at radius 3 is 1.63 bits per heavy atom. The van der Waals surface area contributed by atoms with Crippen molar-refractivity contribution in [3.63, 3.8) is 0 Å². The van der Waals surface area contributed by atoms with E-state index >= 15 is 0 Å². The zero-order valence-electron chi connectivity index (χ0n) is 35.3. The van der Waals surface area contributed by atoms with Crippen molar-refractivity contribution in [2.45, 2.75) is 19.3 Å². The molecule has 1 aliphatic carbocycles. The molecule has 0 unspecified atom stereocenters. The fraction of sp³-hybridized carbons (Fsp3) is 0.0492. The molecule has 0 saturated heterocycles. The van der Waals surface area contributed by atoms with E-state index in [-0.39, 0.29) is 5.41 Å². The molecule has 0 amide bonds. The summed E-state index contributed by atoms with van der Waals surface area (Å²) >= 11 is 0. The van der Waals surface area contributed by atoms with Gasteiger partial charge in [-0.05, 0) is 133 Å². The zero-order chi connectivity index (χ0) is 42.1. The minimum atomic E-state index is -0.1000. The Hall–Kier alpha value is -7.94. The molecular formula is C61H44N2. The van der Waals surface area contributed by atoms with Crippen molar-refractivity contribution in [2.24, 2.45) is 0 Å². The number of hydrogen-bond donors (Lipinski definition) is 0. The standard InChI is InChI=1S/C61H44N2/c1-61(2)57-25-8-5-20-53(57)56-24-13-23-52(60(56)61)43-32-36-49(37-33-43)62(50-18-12-19-51(40-50)63-58-26-9-6-21-54(58)55-22-7-10-27-59(55)63)48-34-30-42(31-35-48)45-16-11-17-46(38-45)47-29-28-41-14-3-4-15-44(41)39-47/h3-40H,1-2H3. The van der Waals surface area contributed by atoms with Crippen molar-refractivity contribution >= 4 is 49.6 Å². The van der Waals surface area contributed by atoms with Gasteiger partial charge in [-0.2, -0.15) is 0 Å². The normalized spacial score (nSPS) is 12.7. The third kappa shape index (κ3) is 6.09. The van der Waals surface area contributed by atoms with Crippen LogP contribution in [0.5, 0.6) is 0 Å². The van der Waals surface area contributed by atoms with Gasteiger partial charge in [0.15, 0.2) is 0 Å². The predicted molar refractivity (Wildman–Crippen MR) is 267 cm³/mol. The van der Waals surface area contributed by atoms with Crippen LogP contribution in [0.1, 0.15) is 25.0 Å². The van der Waals surface area contributed by atoms with Gasteiger partial charge in [0.25, 0.3) is 0 Å². The lowest BCUT2D eigenvalue weighted by Crippen LogP contribution is -2.16. The summed E-state index contributed by atoms with van der Waals surface area (Å²) in [4.78, 5) is 2.39. The SMILES string of the molecule is CC1(C)c2ccccc2-c2cccc(-c3ccc(N(c4ccc(-c5cccc(-c6ccc7ccccc7c6)c5)cc4)c4cccc(-n5c6ccccc6c6ccccc65)c4)cc3)c21. The highest BCUT2D eigenvalue weighted by Crippen LogP contribution is 2.52. The monoisotopic (exact) mass is 804 g/mol. The molecule has 298 valence electrons. The predicted octanol–water partition coefficient (Wildman–Crippen LogP) is 16.7. The average molecular weight is 805 g/mol. The van der Waals surface area contributed by atoms with E-state index in [1.165, 1.54) is 88.2 Å². The fourth-order valence-electron chi connectivity index (χ4n) is 10.3. The number of para-hydroxylation sites is 2. The highest BCUT2D eigenvalue weighted by atomic mass is 15.1. The molecule has 0 spiro atoms. The first-order valence-electron chi connectivity index (χ1n) is 21.9. The van der Waals surface area contributed by atoms with Crippen molar-refractivity contribution in [2.75, 3.05) is 4.90 Å². The first kappa shape index (κ1) is 36.9. The maximum absolute atomic E-state index is 2.40. The van der Waals surface area contributed by atoms with E-state index in [9.17, 15) is 0 Å². The third-order valence-corrected chi connectivity index (χ3v) is 13.3. The number of benzene rings is 10. The average Bonchev–Trinajstić information content (AvgIpc) is 3.80. The number of aromatic nitrogens is 1. The van der Waals surface area contributed by atoms with Gasteiger partial charge in [-0.25, -0.2) is 0 Å². The highest BCUT2D eigenvalue weighted by Gasteiger charge is 2.37. The number of fused-ring (bicyclic) bond motifs is 7. The molecule has 0 atom stereocenters. The van der Waals surface area contributed by atoms with Crippen LogP contribution in [-0.4, -0.2) is 4.57 Å². The lowest BCUT2D eigenvalue weighted by molar-refractivity contribution is 0.662. The largest absolute Gasteiger partial charge is 0.310 e. The van der Waals surface area contributed by atoms with Gasteiger partial charge in [-0.1, -0.05) is 178 Å². The molecule has 63 heavy (non-hydrogen) atoms. The van der Waals surface area contributed by atoms with Crippen LogP contribution in [-0.2, 0) is 5.41 Å². The van der Waals surface area contributed by atoms with E-state index in [2.05, 4.69) is 254 Å². The van der Waals surface area contributed by atoms with Gasteiger partial charge in [0, 0.05) is 38.9 Å². The van der Waals surface area contributed by atoms with Crippen molar-refractivity contribution in [1.29, 1.82) is 0 Å². The molecule has 0 bridgehead atoms. The molecule has 0 N–H and O–H groups in total. The summed E-state index contributed by atoms with van der Waals surface area (Å²) in [5.74, 6) is 0. The van der Waals surface area contributed by atoms with Crippen LogP contribution < -0.4 is 4.90 Å². The van der Waals surface area contributed by atoms with Gasteiger partial charge >= 0.3 is 0 Å². The van der Waals surface area contributed by atoms with Crippen molar-refractivity contribution in [3.05, 3.63) is 242 Å². The molecule has 0 fully saturated rings. The van der Waals surface area contributed by atoms with Gasteiger partial charge in [-0.3, -0.25) is 0 Å². The van der Waals surface area contributed by atoms with E-state index in [0.29, 0.717) is 0 Å². The Bertz CT molecular complexity index is 3480. The molecule has 1 heterocycles. The number of rotatable bonds is 7. The Morgan fingerprint density at radius 1 is 0.349 bits per heavy atom. The van der Waals surface area contributed by atoms with E-state index < -0.39 is 0 Å². The number of anilines is 3.